The lowest BCUT2D eigenvalue weighted by molar-refractivity contribution is -0.258. The highest BCUT2D eigenvalue weighted by Gasteiger charge is 2.65. The van der Waals surface area contributed by atoms with Gasteiger partial charge in [-0.2, -0.15) is 0 Å². The number of carbonyl (C=O) groups is 2. The Kier molecular flexibility index (Phi) is 23.0. The molecule has 0 aromatic heterocycles. The fourth-order valence-corrected chi connectivity index (χ4v) is 12.5. The molecular formula is C60H88FN3O9. The molecule has 2 aromatic carbocycles. The average Bonchev–Trinajstić information content (AvgIpc) is 3.94. The third-order valence-electron chi connectivity index (χ3n) is 16.3. The number of oxime groups is 1. The van der Waals surface area contributed by atoms with E-state index in [4.69, 9.17) is 28.9 Å². The molecule has 1 unspecified atom stereocenters. The minimum atomic E-state index is -1.47. The molecule has 2 aliphatic heterocycles. The molecule has 3 aliphatic carbocycles. The second-order valence-corrected chi connectivity index (χ2v) is 21.5. The first kappa shape index (κ1) is 56.4. The molecule has 0 spiro atoms. The summed E-state index contributed by atoms with van der Waals surface area (Å²) in [4.78, 5) is 37.0. The highest BCUT2D eigenvalue weighted by Crippen LogP contribution is 2.62. The molecule has 7 atom stereocenters. The maximum Gasteiger partial charge on any atom is 0.412 e. The number of rotatable bonds is 31. The first-order valence-electron chi connectivity index (χ1n) is 28.6. The number of fused-ring (bicyclic) bond motifs is 2. The van der Waals surface area contributed by atoms with E-state index >= 15 is 4.79 Å². The Labute approximate surface area is 435 Å². The zero-order valence-electron chi connectivity index (χ0n) is 44.1. The molecular weight excluding hydrogens is 926 g/mol. The van der Waals surface area contributed by atoms with E-state index in [1.54, 1.807) is 24.3 Å². The SMILES string of the molecule is C=CCO[C@@]12Oc3ccc(OC(=O)NCCCCCCCCCCCC)cc3[C@H]3[C@H](CCCCO)[C@@H](CCCCO)C=C(C(=NOC4CCCCO4)C[C@@H]1N(Cc1ccc(F)cc1)C(=O)CCC1CCCC1)[C@H]32. The van der Waals surface area contributed by atoms with E-state index in [1.165, 1.54) is 69.9 Å². The number of ether oxygens (including phenoxy) is 4. The van der Waals surface area contributed by atoms with Crippen LogP contribution < -0.4 is 14.8 Å². The Balaban J connectivity index is 1.28. The molecule has 0 bridgehead atoms. The summed E-state index contributed by atoms with van der Waals surface area (Å²) in [5, 5.41) is 28.1. The first-order chi connectivity index (χ1) is 35.8. The summed E-state index contributed by atoms with van der Waals surface area (Å²) in [6.45, 7) is 7.91. The fourth-order valence-electron chi connectivity index (χ4n) is 12.5. The third kappa shape index (κ3) is 15.6. The summed E-state index contributed by atoms with van der Waals surface area (Å²) in [5.74, 6) is -1.26. The number of aliphatic hydroxyl groups is 2. The second-order valence-electron chi connectivity index (χ2n) is 21.5. The minimum Gasteiger partial charge on any atom is -0.459 e. The maximum atomic E-state index is 15.3. The van der Waals surface area contributed by atoms with Crippen molar-refractivity contribution in [2.75, 3.05) is 33.0 Å². The Morgan fingerprint density at radius 1 is 0.877 bits per heavy atom. The highest BCUT2D eigenvalue weighted by atomic mass is 19.1. The Bertz CT molecular complexity index is 2070. The predicted octanol–water partition coefficient (Wildman–Crippen LogP) is 13.0. The monoisotopic (exact) mass is 1010 g/mol. The predicted molar refractivity (Wildman–Crippen MR) is 284 cm³/mol. The van der Waals surface area contributed by atoms with E-state index in [2.05, 4.69) is 24.9 Å². The van der Waals surface area contributed by atoms with Crippen molar-refractivity contribution in [2.45, 2.75) is 204 Å². The quantitative estimate of drug-likeness (QED) is 0.0381. The van der Waals surface area contributed by atoms with Crippen LogP contribution in [0.2, 0.25) is 0 Å². The minimum absolute atomic E-state index is 0.0139. The Morgan fingerprint density at radius 3 is 2.29 bits per heavy atom. The number of nitrogens with one attached hydrogen (secondary N) is 1. The number of carbonyl (C=O) groups excluding carboxylic acids is 2. The van der Waals surface area contributed by atoms with Gasteiger partial charge in [0.25, 0.3) is 0 Å². The Morgan fingerprint density at radius 2 is 1.59 bits per heavy atom. The number of hydrogen-bond acceptors (Lipinski definition) is 10. The summed E-state index contributed by atoms with van der Waals surface area (Å²) >= 11 is 0. The molecule has 2 heterocycles. The van der Waals surface area contributed by atoms with Gasteiger partial charge in [-0.1, -0.05) is 133 Å². The van der Waals surface area contributed by atoms with E-state index in [0.717, 1.165) is 93.7 Å². The van der Waals surface area contributed by atoms with Crippen molar-refractivity contribution in [1.29, 1.82) is 0 Å². The van der Waals surface area contributed by atoms with Crippen LogP contribution in [-0.2, 0) is 25.7 Å². The molecule has 12 nitrogen and oxygen atoms in total. The van der Waals surface area contributed by atoms with Crippen LogP contribution in [0.25, 0.3) is 0 Å². The van der Waals surface area contributed by atoms with Crippen molar-refractivity contribution >= 4 is 17.7 Å². The number of nitrogens with zero attached hydrogens (tertiary/aromatic N) is 2. The lowest BCUT2D eigenvalue weighted by Gasteiger charge is -2.60. The zero-order chi connectivity index (χ0) is 51.3. The van der Waals surface area contributed by atoms with Gasteiger partial charge in [-0.05, 0) is 111 Å². The van der Waals surface area contributed by atoms with E-state index in [9.17, 15) is 19.4 Å². The van der Waals surface area contributed by atoms with Crippen LogP contribution in [0.5, 0.6) is 11.5 Å². The number of amides is 2. The lowest BCUT2D eigenvalue weighted by atomic mass is 9.55. The smallest absolute Gasteiger partial charge is 0.412 e. The lowest BCUT2D eigenvalue weighted by Crippen LogP contribution is -2.70. The summed E-state index contributed by atoms with van der Waals surface area (Å²) in [7, 11) is 0. The topological polar surface area (TPSA) is 148 Å². The normalized spacial score (nSPS) is 25.0. The van der Waals surface area contributed by atoms with Gasteiger partial charge < -0.3 is 44.2 Å². The number of aliphatic hydroxyl groups excluding tert-OH is 2. The van der Waals surface area contributed by atoms with Crippen molar-refractivity contribution in [1.82, 2.24) is 10.2 Å². The molecule has 73 heavy (non-hydrogen) atoms. The average molecular weight is 1010 g/mol. The van der Waals surface area contributed by atoms with Crippen molar-refractivity contribution in [2.24, 2.45) is 28.8 Å². The van der Waals surface area contributed by atoms with Crippen LogP contribution in [0, 0.1) is 29.5 Å². The standard InChI is InChI=1S/C60H88FN3O9/c1-3-5-6-7-8-9-10-11-12-18-35-62-59(68)71-48-32-33-53-51(41-48)57-49(25-16-20-37-66)46(24-15-19-36-65)40-50-52(63-73-56-26-17-21-39-69-56)42-54(60(72-53,58(50)57)70-38-4-2)64(43-45-27-30-47(61)31-28-45)55(67)34-29-44-22-13-14-23-44/h4,27-28,30-33,40-41,44,46,49,54,56-58,65-66H,2-3,5-26,29,34-39,42-43H2,1H3,(H,62,68)/t46-,49+,54-,56?,57+,58+,60+/m0/s1. The van der Waals surface area contributed by atoms with Crippen LogP contribution in [0.3, 0.4) is 0 Å². The summed E-state index contributed by atoms with van der Waals surface area (Å²) in [5.41, 5.74) is 3.24. The van der Waals surface area contributed by atoms with Gasteiger partial charge in [-0.3, -0.25) is 4.79 Å². The number of unbranched alkanes of at least 4 members (excludes halogenated alkanes) is 11. The van der Waals surface area contributed by atoms with E-state index < -0.39 is 30.1 Å². The van der Waals surface area contributed by atoms with Gasteiger partial charge in [0.05, 0.1) is 24.8 Å². The molecule has 2 saturated carbocycles. The maximum absolute atomic E-state index is 15.3. The van der Waals surface area contributed by atoms with Crippen LogP contribution in [0.1, 0.15) is 191 Å². The van der Waals surface area contributed by atoms with Crippen molar-refractivity contribution in [3.63, 3.8) is 0 Å². The van der Waals surface area contributed by atoms with Gasteiger partial charge >= 0.3 is 6.09 Å². The Hall–Kier alpha value is -4.30. The molecule has 404 valence electrons. The zero-order valence-corrected chi connectivity index (χ0v) is 44.1. The van der Waals surface area contributed by atoms with E-state index in [0.29, 0.717) is 62.0 Å². The van der Waals surface area contributed by atoms with Crippen LogP contribution in [0.15, 0.2) is 71.9 Å². The van der Waals surface area contributed by atoms with Gasteiger partial charge in [-0.25, -0.2) is 9.18 Å². The van der Waals surface area contributed by atoms with Gasteiger partial charge in [0.1, 0.15) is 23.4 Å². The third-order valence-corrected chi connectivity index (χ3v) is 16.3. The van der Waals surface area contributed by atoms with Crippen molar-refractivity contribution in [3.8, 4) is 11.5 Å². The summed E-state index contributed by atoms with van der Waals surface area (Å²) < 4.78 is 41.3. The van der Waals surface area contributed by atoms with E-state index in [1.807, 2.05) is 17.0 Å². The molecule has 3 fully saturated rings. The number of halogens is 1. The second kappa shape index (κ2) is 29.7. The fraction of sp³-hybridized carbons (Fsp3) is 0.683. The molecule has 3 N–H and O–H groups in total. The van der Waals surface area contributed by atoms with E-state index in [-0.39, 0.29) is 62.3 Å². The molecule has 13 heteroatoms. The van der Waals surface area contributed by atoms with Crippen molar-refractivity contribution in [3.05, 3.63) is 83.7 Å². The summed E-state index contributed by atoms with van der Waals surface area (Å²) in [6, 6.07) is 11.2. The molecule has 1 saturated heterocycles. The molecule has 2 amide bonds. The van der Waals surface area contributed by atoms with Gasteiger partial charge in [0.15, 0.2) is 0 Å². The molecule has 5 aliphatic rings. The molecule has 0 radical (unpaired) electrons. The van der Waals surface area contributed by atoms with Crippen molar-refractivity contribution < 1.29 is 48.0 Å². The largest absolute Gasteiger partial charge is 0.459 e. The molecule has 2 aromatic rings. The van der Waals surface area contributed by atoms with Crippen LogP contribution in [0.4, 0.5) is 9.18 Å². The van der Waals surface area contributed by atoms with Gasteiger partial charge in [0.2, 0.25) is 18.0 Å². The number of allylic oxidation sites excluding steroid dienone is 1. The number of benzene rings is 2. The summed E-state index contributed by atoms with van der Waals surface area (Å²) in [6.07, 6.45) is 28.0. The first-order valence-corrected chi connectivity index (χ1v) is 28.6. The molecule has 7 rings (SSSR count). The van der Waals surface area contributed by atoms with Crippen LogP contribution >= 0.6 is 0 Å². The number of hydrogen-bond donors (Lipinski definition) is 3. The van der Waals surface area contributed by atoms with Gasteiger partial charge in [0, 0.05) is 57.0 Å². The van der Waals surface area contributed by atoms with Crippen LogP contribution in [-0.4, -0.2) is 83.9 Å². The highest BCUT2D eigenvalue weighted by molar-refractivity contribution is 6.03. The van der Waals surface area contributed by atoms with Gasteiger partial charge in [-0.15, -0.1) is 6.58 Å².